The number of hydrogen-bond acceptors (Lipinski definition) is 9. The molecule has 0 spiro atoms. The van der Waals surface area contributed by atoms with E-state index in [1.54, 1.807) is 59.7 Å². The maximum atomic E-state index is 14.4. The van der Waals surface area contributed by atoms with Gasteiger partial charge in [0.15, 0.2) is 5.75 Å². The van der Waals surface area contributed by atoms with E-state index in [-0.39, 0.29) is 56.5 Å². The quantitative estimate of drug-likeness (QED) is 0.179. The molecule has 0 radical (unpaired) electrons. The van der Waals surface area contributed by atoms with Crippen molar-refractivity contribution in [3.8, 4) is 11.5 Å². The number of halogens is 2. The van der Waals surface area contributed by atoms with Gasteiger partial charge in [-0.1, -0.05) is 49.2 Å². The fourth-order valence-corrected chi connectivity index (χ4v) is 8.25. The lowest BCUT2D eigenvalue weighted by molar-refractivity contribution is -0.199. The lowest BCUT2D eigenvalue weighted by Gasteiger charge is -2.64. The molecule has 2 aromatic carbocycles. The Hall–Kier alpha value is -3.19. The molecular weight excluding hydrogens is 698 g/mol. The van der Waals surface area contributed by atoms with Crippen molar-refractivity contribution in [3.63, 3.8) is 0 Å². The second-order valence-corrected chi connectivity index (χ2v) is 17.4. The molecule has 14 heteroatoms. The Morgan fingerprint density at radius 1 is 1.00 bits per heavy atom. The maximum absolute atomic E-state index is 14.4. The molecule has 4 fully saturated rings. The van der Waals surface area contributed by atoms with Crippen molar-refractivity contribution in [2.24, 2.45) is 17.3 Å². The van der Waals surface area contributed by atoms with Crippen LogP contribution in [0.1, 0.15) is 103 Å². The predicted octanol–water partition coefficient (Wildman–Crippen LogP) is 7.22. The van der Waals surface area contributed by atoms with Gasteiger partial charge in [0, 0.05) is 0 Å². The van der Waals surface area contributed by atoms with Crippen molar-refractivity contribution in [2.75, 3.05) is 7.11 Å². The topological polar surface area (TPSA) is 142 Å². The molecule has 6 atom stereocenters. The molecule has 2 amide bonds. The molecule has 2 aromatic rings. The summed E-state index contributed by atoms with van der Waals surface area (Å²) < 4.78 is 30.4. The Labute approximate surface area is 310 Å². The molecule has 1 aliphatic heterocycles. The Morgan fingerprint density at radius 3 is 2.20 bits per heavy atom. The van der Waals surface area contributed by atoms with Crippen LogP contribution in [0.25, 0.3) is 0 Å². The number of phenols is 1. The molecule has 3 saturated carbocycles. The normalized spacial score (nSPS) is 24.8. The minimum Gasteiger partial charge on any atom is -0.505 e. The van der Waals surface area contributed by atoms with Crippen LogP contribution in [-0.2, 0) is 30.0 Å². The van der Waals surface area contributed by atoms with Gasteiger partial charge in [-0.2, -0.15) is 0 Å². The molecule has 0 aromatic heterocycles. The van der Waals surface area contributed by atoms with Crippen LogP contribution < -0.4 is 15.4 Å². The van der Waals surface area contributed by atoms with Crippen LogP contribution >= 0.6 is 23.2 Å². The van der Waals surface area contributed by atoms with Gasteiger partial charge in [0.05, 0.1) is 34.8 Å². The molecule has 11 nitrogen and oxygen atoms in total. The first-order valence-electron chi connectivity index (χ1n) is 17.2. The molecule has 1 unspecified atom stereocenters. The van der Waals surface area contributed by atoms with Crippen LogP contribution in [0.4, 0.5) is 4.79 Å². The van der Waals surface area contributed by atoms with Gasteiger partial charge in [-0.3, -0.25) is 4.79 Å². The first kappa shape index (κ1) is 39.0. The molecule has 1 saturated heterocycles. The third-order valence-corrected chi connectivity index (χ3v) is 10.9. The number of ether oxygens (including phenoxy) is 3. The summed E-state index contributed by atoms with van der Waals surface area (Å²) in [6.45, 7) is 17.0. The zero-order chi connectivity index (χ0) is 37.8. The van der Waals surface area contributed by atoms with Crippen LogP contribution in [0.3, 0.4) is 0 Å². The van der Waals surface area contributed by atoms with E-state index in [4.69, 9.17) is 46.7 Å². The SMILES string of the molecule is COc1c(C[C@H](NC(=O)C(NC(=O)OC(C)(C)C)c2cc(Cl)c(O)c(Cl)c2)B2O[C@@H]3C[C@@H]4C[C@@H](C4(C)C)[C@]3(C)O2)cccc1C(=O)OC(C)(C)C. The third kappa shape index (κ3) is 8.09. The number of methoxy groups -OCH3 is 1. The number of aromatic hydroxyl groups is 1. The number of phenolic OH excluding ortho intramolecular Hbond substituents is 1. The summed E-state index contributed by atoms with van der Waals surface area (Å²) in [7, 11) is 0.565. The van der Waals surface area contributed by atoms with Gasteiger partial charge in [-0.05, 0) is 114 Å². The summed E-state index contributed by atoms with van der Waals surface area (Å²) in [5, 5.41) is 15.7. The van der Waals surface area contributed by atoms with E-state index in [0.29, 0.717) is 11.5 Å². The van der Waals surface area contributed by atoms with Crippen LogP contribution in [0, 0.1) is 17.3 Å². The monoisotopic (exact) mass is 746 g/mol. The fraction of sp³-hybridized carbons (Fsp3) is 0.595. The highest BCUT2D eigenvalue weighted by molar-refractivity contribution is 6.48. The average molecular weight is 748 g/mol. The standard InChI is InChI=1S/C37H49BCl2N2O9/c1-34(2,3)48-32(45)22-13-11-12-19(30(22)47-10)16-27(38-50-26-18-21-17-25(36(21,7)8)37(26,9)51-38)41-31(44)28(42-33(46)49-35(4,5)6)20-14-23(39)29(43)24(40)15-20/h11-15,21,25-28,43H,16-18H2,1-10H3,(H,41,44)(H,42,46)/t21-,25-,26+,27-,28?,37-/m0/s1. The van der Waals surface area contributed by atoms with Gasteiger partial charge in [0.1, 0.15) is 28.6 Å². The smallest absolute Gasteiger partial charge is 0.482 e. The average Bonchev–Trinajstić information content (AvgIpc) is 3.37. The van der Waals surface area contributed by atoms with Gasteiger partial charge >= 0.3 is 19.2 Å². The second kappa shape index (κ2) is 14.0. The number of hydrogen-bond donors (Lipinski definition) is 3. The van der Waals surface area contributed by atoms with Crippen LogP contribution in [0.2, 0.25) is 10.0 Å². The highest BCUT2D eigenvalue weighted by Gasteiger charge is 2.68. The molecule has 2 bridgehead atoms. The summed E-state index contributed by atoms with van der Waals surface area (Å²) >= 11 is 12.5. The highest BCUT2D eigenvalue weighted by Crippen LogP contribution is 2.65. The lowest BCUT2D eigenvalue weighted by atomic mass is 9.43. The number of amides is 2. The summed E-state index contributed by atoms with van der Waals surface area (Å²) in [6, 6.07) is 6.47. The van der Waals surface area contributed by atoms with Crippen LogP contribution in [0.5, 0.6) is 11.5 Å². The number of esters is 1. The van der Waals surface area contributed by atoms with Crippen LogP contribution in [-0.4, -0.2) is 66.2 Å². The molecular formula is C37H49BCl2N2O9. The van der Waals surface area contributed by atoms with Crippen molar-refractivity contribution in [1.82, 2.24) is 10.6 Å². The summed E-state index contributed by atoms with van der Waals surface area (Å²) in [5.41, 5.74) is -1.10. The van der Waals surface area contributed by atoms with Crippen molar-refractivity contribution in [1.29, 1.82) is 0 Å². The number of nitrogens with one attached hydrogen (secondary N) is 2. The molecule has 3 aliphatic carbocycles. The largest absolute Gasteiger partial charge is 0.505 e. The minimum absolute atomic E-state index is 0.0764. The first-order valence-corrected chi connectivity index (χ1v) is 18.0. The molecule has 4 aliphatic rings. The molecule has 3 N–H and O–H groups in total. The Kier molecular flexibility index (Phi) is 10.7. The van der Waals surface area contributed by atoms with Gasteiger partial charge in [-0.15, -0.1) is 0 Å². The lowest BCUT2D eigenvalue weighted by Crippen LogP contribution is -2.65. The van der Waals surface area contributed by atoms with E-state index in [0.717, 1.165) is 12.8 Å². The van der Waals surface area contributed by atoms with E-state index >= 15 is 0 Å². The Bertz CT molecular complexity index is 1670. The highest BCUT2D eigenvalue weighted by atomic mass is 35.5. The number of carbonyl (C=O) groups is 3. The second-order valence-electron chi connectivity index (χ2n) is 16.6. The number of benzene rings is 2. The van der Waals surface area contributed by atoms with Gasteiger partial charge in [0.2, 0.25) is 5.91 Å². The van der Waals surface area contributed by atoms with E-state index in [1.165, 1.54) is 19.2 Å². The summed E-state index contributed by atoms with van der Waals surface area (Å²) in [6.07, 6.45) is 0.914. The first-order chi connectivity index (χ1) is 23.5. The summed E-state index contributed by atoms with van der Waals surface area (Å²) in [5.74, 6) is -1.37. The number of para-hydroxylation sites is 1. The zero-order valence-corrected chi connectivity index (χ0v) is 32.5. The van der Waals surface area contributed by atoms with Crippen molar-refractivity contribution < 1.29 is 43.0 Å². The van der Waals surface area contributed by atoms with E-state index < -0.39 is 53.9 Å². The maximum Gasteiger partial charge on any atom is 0.482 e. The van der Waals surface area contributed by atoms with E-state index in [1.807, 2.05) is 0 Å². The van der Waals surface area contributed by atoms with Crippen LogP contribution in [0.15, 0.2) is 30.3 Å². The Balaban J connectivity index is 1.52. The summed E-state index contributed by atoms with van der Waals surface area (Å²) in [4.78, 5) is 40.7. The fourth-order valence-electron chi connectivity index (χ4n) is 7.75. The van der Waals surface area contributed by atoms with E-state index in [2.05, 4.69) is 31.4 Å². The third-order valence-electron chi connectivity index (χ3n) is 10.3. The van der Waals surface area contributed by atoms with E-state index in [9.17, 15) is 19.5 Å². The molecule has 278 valence electrons. The Morgan fingerprint density at radius 2 is 1.63 bits per heavy atom. The van der Waals surface area contributed by atoms with Gasteiger partial charge in [0.25, 0.3) is 0 Å². The minimum atomic E-state index is -1.36. The molecule has 51 heavy (non-hydrogen) atoms. The van der Waals surface area contributed by atoms with Crippen molar-refractivity contribution in [3.05, 3.63) is 57.1 Å². The van der Waals surface area contributed by atoms with Gasteiger partial charge in [-0.25, -0.2) is 9.59 Å². The zero-order valence-electron chi connectivity index (χ0n) is 30.9. The van der Waals surface area contributed by atoms with Crippen molar-refractivity contribution >= 4 is 48.3 Å². The number of alkyl carbamates (subject to hydrolysis) is 1. The number of carbonyl (C=O) groups excluding carboxylic acids is 3. The number of rotatable bonds is 9. The molecule has 6 rings (SSSR count). The molecule has 1 heterocycles. The predicted molar refractivity (Wildman–Crippen MR) is 194 cm³/mol. The van der Waals surface area contributed by atoms with Crippen molar-refractivity contribution in [2.45, 2.75) is 116 Å². The van der Waals surface area contributed by atoms with Gasteiger partial charge < -0.3 is 39.3 Å².